The van der Waals surface area contributed by atoms with Crippen LogP contribution >= 0.6 is 0 Å². The second-order valence-corrected chi connectivity index (χ2v) is 12.3. The molecule has 1 aliphatic heterocycles. The summed E-state index contributed by atoms with van der Waals surface area (Å²) in [6.45, 7) is 7.17. The Morgan fingerprint density at radius 1 is 0.690 bits per heavy atom. The molecule has 4 aromatic carbocycles. The maximum atomic E-state index is 6.25. The Morgan fingerprint density at radius 2 is 1.43 bits per heavy atom. The topological polar surface area (TPSA) is 21.7 Å². The summed E-state index contributed by atoms with van der Waals surface area (Å²) in [6, 6.07) is 32.7. The molecular formula is C39H45NO2. The normalized spacial score (nSPS) is 15.7. The number of likely N-dealkylation sites (tertiary alicyclic amines) is 1. The summed E-state index contributed by atoms with van der Waals surface area (Å²) in [4.78, 5) is 2.58. The molecule has 1 saturated carbocycles. The molecule has 0 unspecified atom stereocenters. The summed E-state index contributed by atoms with van der Waals surface area (Å²) in [5, 5.41) is 0. The van der Waals surface area contributed by atoms with Crippen molar-refractivity contribution in [1.82, 2.24) is 4.90 Å². The van der Waals surface area contributed by atoms with E-state index in [4.69, 9.17) is 9.47 Å². The van der Waals surface area contributed by atoms with Gasteiger partial charge in [0.1, 0.15) is 18.1 Å². The first kappa shape index (κ1) is 28.6. The number of nitrogens with zero attached hydrogens (tertiary/aromatic N) is 1. The lowest BCUT2D eigenvalue weighted by Gasteiger charge is -2.18. The molecule has 1 aliphatic carbocycles. The third-order valence-electron chi connectivity index (χ3n) is 9.16. The van der Waals surface area contributed by atoms with Crippen LogP contribution < -0.4 is 9.47 Å². The van der Waals surface area contributed by atoms with E-state index in [1.807, 2.05) is 6.07 Å². The van der Waals surface area contributed by atoms with Crippen LogP contribution in [0.2, 0.25) is 0 Å². The van der Waals surface area contributed by atoms with Gasteiger partial charge >= 0.3 is 0 Å². The lowest BCUT2D eigenvalue weighted by molar-refractivity contribution is 0.279. The maximum absolute atomic E-state index is 6.25. The van der Waals surface area contributed by atoms with Crippen molar-refractivity contribution in [3.63, 3.8) is 0 Å². The van der Waals surface area contributed by atoms with E-state index in [1.165, 1.54) is 97.0 Å². The standard InChI is InChI=1S/C39H45NO2/c1-30-25-33(13-14-36(30)28-40-22-7-8-23-40)26-35-17-20-38(42-29-32-11-3-2-4-12-32)27-39(35)34-15-18-37(19-16-34)41-24-21-31-9-5-6-10-31/h2-4,11-20,25,27,31H,5-10,21-24,26,28-29H2,1H3. The van der Waals surface area contributed by atoms with E-state index in [0.29, 0.717) is 6.61 Å². The van der Waals surface area contributed by atoms with E-state index in [2.05, 4.69) is 96.8 Å². The van der Waals surface area contributed by atoms with Crippen LogP contribution in [-0.2, 0) is 19.6 Å². The fraction of sp³-hybridized carbons (Fsp3) is 0.385. The highest BCUT2D eigenvalue weighted by Crippen LogP contribution is 2.33. The quantitative estimate of drug-likeness (QED) is 0.173. The lowest BCUT2D eigenvalue weighted by atomic mass is 9.93. The van der Waals surface area contributed by atoms with Crippen molar-refractivity contribution < 1.29 is 9.47 Å². The summed E-state index contributed by atoms with van der Waals surface area (Å²) in [5.41, 5.74) is 9.09. The number of ether oxygens (including phenoxy) is 2. The van der Waals surface area contributed by atoms with Gasteiger partial charge in [0.05, 0.1) is 6.61 Å². The van der Waals surface area contributed by atoms with E-state index in [0.717, 1.165) is 37.0 Å². The maximum Gasteiger partial charge on any atom is 0.120 e. The predicted molar refractivity (Wildman–Crippen MR) is 173 cm³/mol. The summed E-state index contributed by atoms with van der Waals surface area (Å²) in [5.74, 6) is 2.70. The SMILES string of the molecule is Cc1cc(Cc2ccc(OCc3ccccc3)cc2-c2ccc(OCCC3CCCC3)cc2)ccc1CN1CCCC1. The minimum absolute atomic E-state index is 0.561. The van der Waals surface area contributed by atoms with Gasteiger partial charge in [-0.05, 0) is 115 Å². The van der Waals surface area contributed by atoms with Gasteiger partial charge < -0.3 is 9.47 Å². The van der Waals surface area contributed by atoms with Gasteiger partial charge in [0.25, 0.3) is 0 Å². The average Bonchev–Trinajstić information content (AvgIpc) is 3.74. The second kappa shape index (κ2) is 14.1. The third kappa shape index (κ3) is 7.63. The van der Waals surface area contributed by atoms with E-state index in [1.54, 1.807) is 0 Å². The monoisotopic (exact) mass is 559 g/mol. The van der Waals surface area contributed by atoms with Gasteiger partial charge in [0.15, 0.2) is 0 Å². The third-order valence-corrected chi connectivity index (χ3v) is 9.16. The minimum atomic E-state index is 0.561. The highest BCUT2D eigenvalue weighted by atomic mass is 16.5. The molecule has 42 heavy (non-hydrogen) atoms. The Kier molecular flexibility index (Phi) is 9.57. The minimum Gasteiger partial charge on any atom is -0.494 e. The summed E-state index contributed by atoms with van der Waals surface area (Å²) in [7, 11) is 0. The molecule has 4 aromatic rings. The fourth-order valence-electron chi connectivity index (χ4n) is 6.63. The molecule has 218 valence electrons. The molecular weight excluding hydrogens is 514 g/mol. The molecule has 0 aromatic heterocycles. The van der Waals surface area contributed by atoms with Crippen LogP contribution in [0.3, 0.4) is 0 Å². The van der Waals surface area contributed by atoms with Crippen molar-refractivity contribution in [1.29, 1.82) is 0 Å². The number of rotatable bonds is 12. The van der Waals surface area contributed by atoms with Gasteiger partial charge in [-0.2, -0.15) is 0 Å². The summed E-state index contributed by atoms with van der Waals surface area (Å²) in [6.07, 6.45) is 10.2. The first-order chi connectivity index (χ1) is 20.7. The van der Waals surface area contributed by atoms with Crippen molar-refractivity contribution in [2.75, 3.05) is 19.7 Å². The van der Waals surface area contributed by atoms with Crippen LogP contribution in [0.5, 0.6) is 11.5 Å². The van der Waals surface area contributed by atoms with Gasteiger partial charge in [-0.15, -0.1) is 0 Å². The van der Waals surface area contributed by atoms with E-state index in [9.17, 15) is 0 Å². The zero-order valence-corrected chi connectivity index (χ0v) is 25.2. The van der Waals surface area contributed by atoms with Gasteiger partial charge in [0, 0.05) is 6.54 Å². The lowest BCUT2D eigenvalue weighted by Crippen LogP contribution is -2.18. The molecule has 0 atom stereocenters. The van der Waals surface area contributed by atoms with E-state index >= 15 is 0 Å². The number of aryl methyl sites for hydroxylation is 1. The predicted octanol–water partition coefficient (Wildman–Crippen LogP) is 9.39. The molecule has 0 bridgehead atoms. The van der Waals surface area contributed by atoms with Crippen LogP contribution in [-0.4, -0.2) is 24.6 Å². The Labute approximate surface area is 252 Å². The molecule has 0 N–H and O–H groups in total. The number of benzene rings is 4. The molecule has 0 radical (unpaired) electrons. The van der Waals surface area contributed by atoms with Crippen LogP contribution in [0.25, 0.3) is 11.1 Å². The fourth-order valence-corrected chi connectivity index (χ4v) is 6.63. The van der Waals surface area contributed by atoms with Gasteiger partial charge in [-0.1, -0.05) is 92.4 Å². The molecule has 6 rings (SSSR count). The van der Waals surface area contributed by atoms with Crippen LogP contribution in [0, 0.1) is 12.8 Å². The average molecular weight is 560 g/mol. The van der Waals surface area contributed by atoms with Crippen LogP contribution in [0.15, 0.2) is 91.0 Å². The molecule has 2 aliphatic rings. The summed E-state index contributed by atoms with van der Waals surface area (Å²) < 4.78 is 12.4. The first-order valence-corrected chi connectivity index (χ1v) is 16.0. The van der Waals surface area contributed by atoms with Gasteiger partial charge in [0.2, 0.25) is 0 Å². The van der Waals surface area contributed by atoms with Gasteiger partial charge in [-0.25, -0.2) is 0 Å². The summed E-state index contributed by atoms with van der Waals surface area (Å²) >= 11 is 0. The molecule has 1 heterocycles. The van der Waals surface area contributed by atoms with Gasteiger partial charge in [-0.3, -0.25) is 4.90 Å². The zero-order chi connectivity index (χ0) is 28.6. The first-order valence-electron chi connectivity index (χ1n) is 16.0. The Morgan fingerprint density at radius 3 is 2.19 bits per heavy atom. The largest absolute Gasteiger partial charge is 0.494 e. The molecule has 3 nitrogen and oxygen atoms in total. The Bertz CT molecular complexity index is 1420. The Balaban J connectivity index is 1.19. The molecule has 0 spiro atoms. The van der Waals surface area contributed by atoms with Crippen molar-refractivity contribution in [2.45, 2.75) is 71.4 Å². The highest BCUT2D eigenvalue weighted by molar-refractivity contribution is 5.70. The Hall–Kier alpha value is -3.56. The molecule has 0 amide bonds. The van der Waals surface area contributed by atoms with Crippen LogP contribution in [0.4, 0.5) is 0 Å². The van der Waals surface area contributed by atoms with Crippen molar-refractivity contribution in [3.8, 4) is 22.6 Å². The van der Waals surface area contributed by atoms with E-state index in [-0.39, 0.29) is 0 Å². The molecule has 2 fully saturated rings. The van der Waals surface area contributed by atoms with Crippen molar-refractivity contribution >= 4 is 0 Å². The second-order valence-electron chi connectivity index (χ2n) is 12.3. The van der Waals surface area contributed by atoms with Crippen LogP contribution in [0.1, 0.15) is 72.8 Å². The smallest absolute Gasteiger partial charge is 0.120 e. The van der Waals surface area contributed by atoms with Crippen molar-refractivity contribution in [2.24, 2.45) is 5.92 Å². The van der Waals surface area contributed by atoms with E-state index < -0.39 is 0 Å². The number of hydrogen-bond acceptors (Lipinski definition) is 3. The molecule has 3 heteroatoms. The molecule has 1 saturated heterocycles. The number of hydrogen-bond donors (Lipinski definition) is 0. The zero-order valence-electron chi connectivity index (χ0n) is 25.2. The van der Waals surface area contributed by atoms with Crippen molar-refractivity contribution in [3.05, 3.63) is 119 Å². The highest BCUT2D eigenvalue weighted by Gasteiger charge is 2.16.